The van der Waals surface area contributed by atoms with Crippen molar-refractivity contribution < 1.29 is 19.5 Å². The minimum Gasteiger partial charge on any atom is -0.481 e. The Morgan fingerprint density at radius 2 is 1.72 bits per heavy atom. The summed E-state index contributed by atoms with van der Waals surface area (Å²) in [6.07, 6.45) is 3.49. The van der Waals surface area contributed by atoms with Gasteiger partial charge in [0, 0.05) is 56.0 Å². The van der Waals surface area contributed by atoms with E-state index in [1.165, 1.54) is 6.33 Å². The van der Waals surface area contributed by atoms with Gasteiger partial charge in [0.2, 0.25) is 5.91 Å². The van der Waals surface area contributed by atoms with Gasteiger partial charge < -0.3 is 20.6 Å². The number of carbonyl (C=O) groups excluding carboxylic acids is 2. The van der Waals surface area contributed by atoms with Gasteiger partial charge in [-0.05, 0) is 44.4 Å². The Morgan fingerprint density at radius 1 is 1.08 bits per heavy atom. The lowest BCUT2D eigenvalue weighted by atomic mass is 9.58. The molecule has 9 nitrogen and oxygen atoms in total. The number of carboxylic acid groups (broad SMARTS) is 1. The number of aryl methyl sites for hydroxylation is 2. The molecule has 2 aliphatic heterocycles. The topological polar surface area (TPSA) is 130 Å². The molecule has 190 valence electrons. The number of aliphatic carboxylic acids is 1. The third kappa shape index (κ3) is 4.10. The highest BCUT2D eigenvalue weighted by molar-refractivity contribution is 5.96. The Morgan fingerprint density at radius 3 is 2.25 bits per heavy atom. The molecule has 3 fully saturated rings. The number of primary amides is 1. The number of carboxylic acids is 1. The molecule has 3 atom stereocenters. The second-order valence-corrected chi connectivity index (χ2v) is 10.7. The largest absolute Gasteiger partial charge is 0.481 e. The Hall–Kier alpha value is -3.49. The molecule has 2 aromatic rings. The predicted octanol–water partition coefficient (Wildman–Crippen LogP) is 2.52. The number of nitrogens with two attached hydrogens (primary N) is 1. The van der Waals surface area contributed by atoms with Gasteiger partial charge in [0.15, 0.2) is 0 Å². The summed E-state index contributed by atoms with van der Waals surface area (Å²) in [5.41, 5.74) is 8.52. The lowest BCUT2D eigenvalue weighted by Crippen LogP contribution is -2.44. The molecule has 9 heteroatoms. The first-order valence-corrected chi connectivity index (χ1v) is 12.6. The van der Waals surface area contributed by atoms with Crippen molar-refractivity contribution in [2.24, 2.45) is 23.0 Å². The van der Waals surface area contributed by atoms with E-state index >= 15 is 0 Å². The SMILES string of the molecule is Cc1ncnc(C)c1C(=O)N1CC2CN(c3cccc(C(CC(N)=O)C4(C(=O)O)CCC4)c3)CC2C1. The highest BCUT2D eigenvalue weighted by Crippen LogP contribution is 2.53. The number of amides is 2. The monoisotopic (exact) mass is 491 g/mol. The Labute approximate surface area is 210 Å². The quantitative estimate of drug-likeness (QED) is 0.609. The van der Waals surface area contributed by atoms with Crippen molar-refractivity contribution in [1.82, 2.24) is 14.9 Å². The van der Waals surface area contributed by atoms with Gasteiger partial charge in [0.05, 0.1) is 22.4 Å². The van der Waals surface area contributed by atoms with E-state index in [4.69, 9.17) is 5.73 Å². The minimum atomic E-state index is -0.923. The minimum absolute atomic E-state index is 0.00214. The Bertz CT molecular complexity index is 1180. The summed E-state index contributed by atoms with van der Waals surface area (Å²) >= 11 is 0. The maximum Gasteiger partial charge on any atom is 0.310 e. The average molecular weight is 492 g/mol. The summed E-state index contributed by atoms with van der Waals surface area (Å²) in [6.45, 7) is 6.73. The normalized spacial score (nSPS) is 23.2. The Balaban J connectivity index is 1.31. The van der Waals surface area contributed by atoms with E-state index in [0.29, 0.717) is 54.7 Å². The van der Waals surface area contributed by atoms with Crippen molar-refractivity contribution >= 4 is 23.5 Å². The fourth-order valence-electron chi connectivity index (χ4n) is 6.47. The molecule has 5 rings (SSSR count). The van der Waals surface area contributed by atoms with Gasteiger partial charge in [-0.2, -0.15) is 0 Å². The van der Waals surface area contributed by atoms with Gasteiger partial charge in [-0.3, -0.25) is 14.4 Å². The van der Waals surface area contributed by atoms with Crippen molar-refractivity contribution in [3.05, 3.63) is 53.1 Å². The molecule has 3 heterocycles. The molecule has 1 saturated carbocycles. The molecular weight excluding hydrogens is 458 g/mol. The second-order valence-electron chi connectivity index (χ2n) is 10.7. The van der Waals surface area contributed by atoms with Crippen LogP contribution in [0.1, 0.15) is 58.9 Å². The lowest BCUT2D eigenvalue weighted by Gasteiger charge is -2.44. The molecule has 0 spiro atoms. The van der Waals surface area contributed by atoms with Gasteiger partial charge in [0.1, 0.15) is 6.33 Å². The average Bonchev–Trinajstić information content (AvgIpc) is 3.37. The molecular formula is C27H33N5O4. The van der Waals surface area contributed by atoms with Gasteiger partial charge in [0.25, 0.3) is 5.91 Å². The zero-order valence-electron chi connectivity index (χ0n) is 20.8. The van der Waals surface area contributed by atoms with E-state index in [2.05, 4.69) is 14.9 Å². The van der Waals surface area contributed by atoms with Crippen LogP contribution in [0.5, 0.6) is 0 Å². The van der Waals surface area contributed by atoms with Crippen molar-refractivity contribution in [2.75, 3.05) is 31.1 Å². The van der Waals surface area contributed by atoms with Crippen LogP contribution in [0.25, 0.3) is 0 Å². The van der Waals surface area contributed by atoms with Gasteiger partial charge in [-0.15, -0.1) is 0 Å². The fourth-order valence-corrected chi connectivity index (χ4v) is 6.47. The first-order chi connectivity index (χ1) is 17.2. The van der Waals surface area contributed by atoms with Crippen LogP contribution in [0, 0.1) is 31.1 Å². The zero-order chi connectivity index (χ0) is 25.6. The third-order valence-corrected chi connectivity index (χ3v) is 8.60. The fraction of sp³-hybridized carbons (Fsp3) is 0.519. The number of benzene rings is 1. The van der Waals surface area contributed by atoms with Crippen LogP contribution in [-0.2, 0) is 9.59 Å². The van der Waals surface area contributed by atoms with Crippen molar-refractivity contribution in [2.45, 2.75) is 45.4 Å². The molecule has 36 heavy (non-hydrogen) atoms. The van der Waals surface area contributed by atoms with Crippen LogP contribution in [0.15, 0.2) is 30.6 Å². The molecule has 3 N–H and O–H groups in total. The molecule has 3 aliphatic rings. The van der Waals surface area contributed by atoms with Crippen LogP contribution < -0.4 is 10.6 Å². The highest BCUT2D eigenvalue weighted by Gasteiger charge is 2.51. The van der Waals surface area contributed by atoms with E-state index in [1.807, 2.05) is 43.0 Å². The smallest absolute Gasteiger partial charge is 0.310 e. The van der Waals surface area contributed by atoms with Crippen molar-refractivity contribution in [1.29, 1.82) is 0 Å². The summed E-state index contributed by atoms with van der Waals surface area (Å²) in [4.78, 5) is 49.9. The van der Waals surface area contributed by atoms with E-state index in [0.717, 1.165) is 30.8 Å². The number of hydrogen-bond donors (Lipinski definition) is 2. The summed E-state index contributed by atoms with van der Waals surface area (Å²) in [6, 6.07) is 7.94. The maximum absolute atomic E-state index is 13.2. The number of hydrogen-bond acceptors (Lipinski definition) is 6. The summed E-state index contributed by atoms with van der Waals surface area (Å²) in [5, 5.41) is 10.0. The molecule has 1 aromatic heterocycles. The van der Waals surface area contributed by atoms with Crippen LogP contribution >= 0.6 is 0 Å². The van der Waals surface area contributed by atoms with Crippen molar-refractivity contribution in [3.63, 3.8) is 0 Å². The molecule has 1 aliphatic carbocycles. The van der Waals surface area contributed by atoms with Crippen LogP contribution in [0.2, 0.25) is 0 Å². The number of nitrogens with zero attached hydrogens (tertiary/aromatic N) is 4. The maximum atomic E-state index is 13.2. The predicted molar refractivity (Wildman–Crippen MR) is 134 cm³/mol. The van der Waals surface area contributed by atoms with E-state index in [-0.39, 0.29) is 12.3 Å². The van der Waals surface area contributed by atoms with Crippen LogP contribution in [-0.4, -0.2) is 63.9 Å². The first-order valence-electron chi connectivity index (χ1n) is 12.6. The summed E-state index contributed by atoms with van der Waals surface area (Å²) in [7, 11) is 0. The van der Waals surface area contributed by atoms with Gasteiger partial charge >= 0.3 is 5.97 Å². The third-order valence-electron chi connectivity index (χ3n) is 8.60. The summed E-state index contributed by atoms with van der Waals surface area (Å²) < 4.78 is 0. The van der Waals surface area contributed by atoms with Crippen LogP contribution in [0.3, 0.4) is 0 Å². The number of anilines is 1. The van der Waals surface area contributed by atoms with Crippen molar-refractivity contribution in [3.8, 4) is 0 Å². The second kappa shape index (κ2) is 9.19. The molecule has 0 radical (unpaired) electrons. The first kappa shape index (κ1) is 24.2. The van der Waals surface area contributed by atoms with Gasteiger partial charge in [-0.1, -0.05) is 18.6 Å². The highest BCUT2D eigenvalue weighted by atomic mass is 16.4. The number of likely N-dealkylation sites (tertiary alicyclic amines) is 1. The lowest BCUT2D eigenvalue weighted by molar-refractivity contribution is -0.157. The van der Waals surface area contributed by atoms with E-state index in [9.17, 15) is 19.5 Å². The standard InChI is InChI=1S/C27H33N5O4/c1-16-24(17(2)30-15-29-16)25(34)32-13-19-11-31(12-20(19)14-32)21-6-3-5-18(9-21)22(10-23(28)33)27(26(35)36)7-4-8-27/h3,5-6,9,15,19-20,22H,4,7-8,10-14H2,1-2H3,(H2,28,33)(H,35,36). The van der Waals surface area contributed by atoms with Crippen LogP contribution in [0.4, 0.5) is 5.69 Å². The zero-order valence-corrected chi connectivity index (χ0v) is 20.8. The Kier molecular flexibility index (Phi) is 6.18. The molecule has 3 unspecified atom stereocenters. The number of aromatic nitrogens is 2. The number of carbonyl (C=O) groups is 3. The number of fused-ring (bicyclic) bond motifs is 1. The van der Waals surface area contributed by atoms with E-state index < -0.39 is 23.2 Å². The van der Waals surface area contributed by atoms with Gasteiger partial charge in [-0.25, -0.2) is 9.97 Å². The molecule has 1 aromatic carbocycles. The molecule has 0 bridgehead atoms. The van der Waals surface area contributed by atoms with E-state index in [1.54, 1.807) is 0 Å². The molecule has 2 saturated heterocycles. The molecule has 2 amide bonds. The number of rotatable bonds is 7. The summed E-state index contributed by atoms with van der Waals surface area (Å²) in [5.74, 6) is -1.03.